The SMILES string of the molecule is CCC(C)C(N)CCC(C)C. The highest BCUT2D eigenvalue weighted by atomic mass is 14.6. The van der Waals surface area contributed by atoms with Crippen molar-refractivity contribution in [2.75, 3.05) is 0 Å². The van der Waals surface area contributed by atoms with Crippen LogP contribution in [-0.4, -0.2) is 6.04 Å². The summed E-state index contributed by atoms with van der Waals surface area (Å²) in [5.74, 6) is 1.49. The van der Waals surface area contributed by atoms with Crippen LogP contribution in [0.1, 0.15) is 47.0 Å². The van der Waals surface area contributed by atoms with Crippen molar-refractivity contribution in [1.82, 2.24) is 0 Å². The van der Waals surface area contributed by atoms with Gasteiger partial charge >= 0.3 is 0 Å². The number of hydrogen-bond acceptors (Lipinski definition) is 1. The first-order valence-electron chi connectivity index (χ1n) is 4.83. The Balaban J connectivity index is 3.43. The van der Waals surface area contributed by atoms with Crippen molar-refractivity contribution in [1.29, 1.82) is 0 Å². The molecule has 11 heavy (non-hydrogen) atoms. The highest BCUT2D eigenvalue weighted by Gasteiger charge is 2.10. The van der Waals surface area contributed by atoms with E-state index in [1.165, 1.54) is 19.3 Å². The quantitative estimate of drug-likeness (QED) is 0.652. The van der Waals surface area contributed by atoms with Gasteiger partial charge < -0.3 is 5.73 Å². The Labute approximate surface area is 71.4 Å². The average molecular weight is 157 g/mol. The second-order valence-corrected chi connectivity index (χ2v) is 4.02. The van der Waals surface area contributed by atoms with Gasteiger partial charge in [0.15, 0.2) is 0 Å². The summed E-state index contributed by atoms with van der Waals surface area (Å²) in [6.07, 6.45) is 3.66. The lowest BCUT2D eigenvalue weighted by molar-refractivity contribution is 0.388. The van der Waals surface area contributed by atoms with Gasteiger partial charge in [-0.15, -0.1) is 0 Å². The van der Waals surface area contributed by atoms with Crippen LogP contribution < -0.4 is 5.73 Å². The molecule has 0 fully saturated rings. The van der Waals surface area contributed by atoms with Crippen molar-refractivity contribution in [2.24, 2.45) is 17.6 Å². The van der Waals surface area contributed by atoms with Crippen LogP contribution in [0.15, 0.2) is 0 Å². The normalized spacial score (nSPS) is 16.9. The second-order valence-electron chi connectivity index (χ2n) is 4.02. The minimum absolute atomic E-state index is 0.419. The lowest BCUT2D eigenvalue weighted by Gasteiger charge is -2.18. The fraction of sp³-hybridized carbons (Fsp3) is 1.00. The average Bonchev–Trinajstić information content (AvgIpc) is 1.98. The summed E-state index contributed by atoms with van der Waals surface area (Å²) in [6, 6.07) is 0.419. The Morgan fingerprint density at radius 2 is 1.64 bits per heavy atom. The zero-order valence-electron chi connectivity index (χ0n) is 8.43. The Kier molecular flexibility index (Phi) is 5.57. The number of nitrogens with two attached hydrogens (primary N) is 1. The first-order chi connectivity index (χ1) is 5.07. The highest BCUT2D eigenvalue weighted by Crippen LogP contribution is 2.13. The Hall–Kier alpha value is -0.0400. The van der Waals surface area contributed by atoms with Gasteiger partial charge in [0.2, 0.25) is 0 Å². The molecule has 0 aromatic rings. The lowest BCUT2D eigenvalue weighted by atomic mass is 9.93. The summed E-state index contributed by atoms with van der Waals surface area (Å²) < 4.78 is 0. The van der Waals surface area contributed by atoms with E-state index in [4.69, 9.17) is 5.73 Å². The number of rotatable bonds is 5. The van der Waals surface area contributed by atoms with E-state index in [0.29, 0.717) is 12.0 Å². The van der Waals surface area contributed by atoms with Gasteiger partial charge in [0, 0.05) is 6.04 Å². The molecule has 0 aliphatic heterocycles. The van der Waals surface area contributed by atoms with Crippen LogP contribution in [0.2, 0.25) is 0 Å². The second kappa shape index (κ2) is 5.59. The molecule has 2 unspecified atom stereocenters. The molecule has 0 aromatic carbocycles. The molecule has 0 radical (unpaired) electrons. The van der Waals surface area contributed by atoms with E-state index in [0.717, 1.165) is 5.92 Å². The van der Waals surface area contributed by atoms with Crippen LogP contribution in [0, 0.1) is 11.8 Å². The van der Waals surface area contributed by atoms with Crippen LogP contribution in [0.25, 0.3) is 0 Å². The number of hydrogen-bond donors (Lipinski definition) is 1. The third kappa shape index (κ3) is 5.25. The third-order valence-corrected chi connectivity index (χ3v) is 2.45. The molecule has 0 saturated carbocycles. The van der Waals surface area contributed by atoms with Crippen LogP contribution in [0.4, 0.5) is 0 Å². The molecule has 2 N–H and O–H groups in total. The first kappa shape index (κ1) is 11.0. The van der Waals surface area contributed by atoms with Crippen LogP contribution in [0.3, 0.4) is 0 Å². The molecule has 0 aliphatic carbocycles. The zero-order valence-corrected chi connectivity index (χ0v) is 8.43. The van der Waals surface area contributed by atoms with Crippen LogP contribution >= 0.6 is 0 Å². The lowest BCUT2D eigenvalue weighted by Crippen LogP contribution is -2.28. The Morgan fingerprint density at radius 3 is 2.00 bits per heavy atom. The van der Waals surface area contributed by atoms with E-state index < -0.39 is 0 Å². The van der Waals surface area contributed by atoms with Gasteiger partial charge in [-0.05, 0) is 24.7 Å². The van der Waals surface area contributed by atoms with E-state index >= 15 is 0 Å². The maximum atomic E-state index is 5.98. The molecule has 0 saturated heterocycles. The van der Waals surface area contributed by atoms with Crippen molar-refractivity contribution in [3.8, 4) is 0 Å². The molecule has 68 valence electrons. The highest BCUT2D eigenvalue weighted by molar-refractivity contribution is 4.68. The van der Waals surface area contributed by atoms with Crippen molar-refractivity contribution >= 4 is 0 Å². The predicted molar refractivity (Wildman–Crippen MR) is 51.5 cm³/mol. The summed E-state index contributed by atoms with van der Waals surface area (Å²) in [6.45, 7) is 8.96. The molecular formula is C10H23N. The summed E-state index contributed by atoms with van der Waals surface area (Å²) in [4.78, 5) is 0. The van der Waals surface area contributed by atoms with Crippen molar-refractivity contribution in [3.05, 3.63) is 0 Å². The topological polar surface area (TPSA) is 26.0 Å². The van der Waals surface area contributed by atoms with Crippen molar-refractivity contribution in [3.63, 3.8) is 0 Å². The standard InChI is InChI=1S/C10H23N/c1-5-9(4)10(11)7-6-8(2)3/h8-10H,5-7,11H2,1-4H3. The Morgan fingerprint density at radius 1 is 1.09 bits per heavy atom. The maximum Gasteiger partial charge on any atom is 0.00645 e. The van der Waals surface area contributed by atoms with E-state index in [1.807, 2.05) is 0 Å². The van der Waals surface area contributed by atoms with Gasteiger partial charge in [-0.1, -0.05) is 34.1 Å². The molecule has 0 spiro atoms. The zero-order chi connectivity index (χ0) is 8.85. The van der Waals surface area contributed by atoms with Gasteiger partial charge in [0.25, 0.3) is 0 Å². The predicted octanol–water partition coefficient (Wildman–Crippen LogP) is 2.80. The fourth-order valence-corrected chi connectivity index (χ4v) is 1.11. The fourth-order valence-electron chi connectivity index (χ4n) is 1.11. The molecule has 0 heterocycles. The largest absolute Gasteiger partial charge is 0.327 e. The van der Waals surface area contributed by atoms with E-state index in [2.05, 4.69) is 27.7 Å². The molecule has 2 atom stereocenters. The van der Waals surface area contributed by atoms with Gasteiger partial charge in [-0.2, -0.15) is 0 Å². The first-order valence-corrected chi connectivity index (χ1v) is 4.83. The van der Waals surface area contributed by atoms with Gasteiger partial charge in [0.05, 0.1) is 0 Å². The van der Waals surface area contributed by atoms with Crippen LogP contribution in [0.5, 0.6) is 0 Å². The smallest absolute Gasteiger partial charge is 0.00645 e. The Bertz CT molecular complexity index is 88.9. The van der Waals surface area contributed by atoms with Gasteiger partial charge in [-0.3, -0.25) is 0 Å². The molecule has 0 aliphatic rings. The monoisotopic (exact) mass is 157 g/mol. The van der Waals surface area contributed by atoms with Gasteiger partial charge in [0.1, 0.15) is 0 Å². The molecule has 0 bridgehead atoms. The van der Waals surface area contributed by atoms with E-state index in [-0.39, 0.29) is 0 Å². The summed E-state index contributed by atoms with van der Waals surface area (Å²) in [5.41, 5.74) is 5.98. The summed E-state index contributed by atoms with van der Waals surface area (Å²) in [5, 5.41) is 0. The molecule has 1 heteroatoms. The van der Waals surface area contributed by atoms with E-state index in [1.54, 1.807) is 0 Å². The maximum absolute atomic E-state index is 5.98. The molecule has 0 rings (SSSR count). The minimum Gasteiger partial charge on any atom is -0.327 e. The van der Waals surface area contributed by atoms with Gasteiger partial charge in [-0.25, -0.2) is 0 Å². The minimum atomic E-state index is 0.419. The summed E-state index contributed by atoms with van der Waals surface area (Å²) in [7, 11) is 0. The van der Waals surface area contributed by atoms with Crippen LogP contribution in [-0.2, 0) is 0 Å². The van der Waals surface area contributed by atoms with Crippen molar-refractivity contribution < 1.29 is 0 Å². The molecule has 0 amide bonds. The van der Waals surface area contributed by atoms with Crippen molar-refractivity contribution in [2.45, 2.75) is 53.0 Å². The van der Waals surface area contributed by atoms with E-state index in [9.17, 15) is 0 Å². The molecule has 0 aromatic heterocycles. The summed E-state index contributed by atoms with van der Waals surface area (Å²) >= 11 is 0. The molecular weight excluding hydrogens is 134 g/mol. The third-order valence-electron chi connectivity index (χ3n) is 2.45. The molecule has 1 nitrogen and oxygen atoms in total.